The molecule has 0 amide bonds. The summed E-state index contributed by atoms with van der Waals surface area (Å²) in [6.45, 7) is 2.61. The third-order valence-electron chi connectivity index (χ3n) is 3.62. The van der Waals surface area contributed by atoms with Crippen LogP contribution < -0.4 is 5.73 Å². The normalized spacial score (nSPS) is 16.5. The van der Waals surface area contributed by atoms with E-state index in [1.165, 1.54) is 16.7 Å². The number of rotatable bonds is 3. The first kappa shape index (κ1) is 11.4. The summed E-state index contributed by atoms with van der Waals surface area (Å²) in [5.41, 5.74) is 10.1. The molecule has 0 fully saturated rings. The van der Waals surface area contributed by atoms with Crippen LogP contribution in [0.3, 0.4) is 0 Å². The van der Waals surface area contributed by atoms with Crippen molar-refractivity contribution in [3.05, 3.63) is 65.5 Å². The summed E-state index contributed by atoms with van der Waals surface area (Å²) in [4.78, 5) is 6.50. The van der Waals surface area contributed by atoms with Gasteiger partial charge in [0.25, 0.3) is 0 Å². The van der Waals surface area contributed by atoms with Gasteiger partial charge >= 0.3 is 0 Å². The first-order valence-electron chi connectivity index (χ1n) is 6.29. The van der Waals surface area contributed by atoms with Gasteiger partial charge in [0, 0.05) is 38.1 Å². The van der Waals surface area contributed by atoms with E-state index in [9.17, 15) is 0 Å². The SMILES string of the molecule is NCC(c1ccncc1)N1Cc2ccccc2C1. The van der Waals surface area contributed by atoms with Gasteiger partial charge in [0.15, 0.2) is 0 Å². The molecular formula is C15H17N3. The molecule has 0 aliphatic carbocycles. The fraction of sp³-hybridized carbons (Fsp3) is 0.267. The third-order valence-corrected chi connectivity index (χ3v) is 3.62. The van der Waals surface area contributed by atoms with Gasteiger partial charge in [-0.05, 0) is 28.8 Å². The molecule has 1 aliphatic heterocycles. The summed E-state index contributed by atoms with van der Waals surface area (Å²) >= 11 is 0. The van der Waals surface area contributed by atoms with E-state index in [2.05, 4.69) is 46.3 Å². The highest BCUT2D eigenvalue weighted by atomic mass is 15.2. The van der Waals surface area contributed by atoms with Gasteiger partial charge < -0.3 is 5.73 Å². The quantitative estimate of drug-likeness (QED) is 0.892. The van der Waals surface area contributed by atoms with Crippen molar-refractivity contribution in [3.8, 4) is 0 Å². The fourth-order valence-corrected chi connectivity index (χ4v) is 2.66. The van der Waals surface area contributed by atoms with Gasteiger partial charge in [0.05, 0.1) is 0 Å². The van der Waals surface area contributed by atoms with Crippen LogP contribution in [0.25, 0.3) is 0 Å². The Morgan fingerprint density at radius 1 is 1.06 bits per heavy atom. The molecule has 92 valence electrons. The molecule has 0 radical (unpaired) electrons. The zero-order valence-electron chi connectivity index (χ0n) is 10.3. The Balaban J connectivity index is 1.84. The van der Waals surface area contributed by atoms with Gasteiger partial charge in [0.1, 0.15) is 0 Å². The van der Waals surface area contributed by atoms with Crippen LogP contribution in [0.2, 0.25) is 0 Å². The molecule has 1 aromatic carbocycles. The van der Waals surface area contributed by atoms with Crippen molar-refractivity contribution >= 4 is 0 Å². The molecule has 3 heteroatoms. The molecule has 2 heterocycles. The van der Waals surface area contributed by atoms with Crippen molar-refractivity contribution in [2.75, 3.05) is 6.54 Å². The molecule has 0 spiro atoms. The van der Waals surface area contributed by atoms with E-state index in [4.69, 9.17) is 5.73 Å². The number of hydrogen-bond acceptors (Lipinski definition) is 3. The van der Waals surface area contributed by atoms with Crippen LogP contribution in [0.15, 0.2) is 48.8 Å². The van der Waals surface area contributed by atoms with E-state index in [1.807, 2.05) is 12.4 Å². The van der Waals surface area contributed by atoms with E-state index in [1.54, 1.807) is 0 Å². The Hall–Kier alpha value is -1.71. The molecule has 1 aromatic heterocycles. The number of nitrogens with zero attached hydrogens (tertiary/aromatic N) is 2. The predicted molar refractivity (Wildman–Crippen MR) is 71.7 cm³/mol. The second-order valence-corrected chi connectivity index (χ2v) is 4.71. The Morgan fingerprint density at radius 2 is 1.67 bits per heavy atom. The molecule has 0 saturated heterocycles. The number of nitrogens with two attached hydrogens (primary N) is 1. The zero-order chi connectivity index (χ0) is 12.4. The van der Waals surface area contributed by atoms with E-state index in [0.717, 1.165) is 13.1 Å². The molecule has 2 N–H and O–H groups in total. The van der Waals surface area contributed by atoms with E-state index >= 15 is 0 Å². The topological polar surface area (TPSA) is 42.1 Å². The minimum Gasteiger partial charge on any atom is -0.329 e. The highest BCUT2D eigenvalue weighted by Crippen LogP contribution is 2.30. The molecule has 2 aromatic rings. The van der Waals surface area contributed by atoms with Crippen LogP contribution in [-0.2, 0) is 13.1 Å². The summed E-state index contributed by atoms with van der Waals surface area (Å²) in [5.74, 6) is 0. The lowest BCUT2D eigenvalue weighted by Gasteiger charge is -2.26. The maximum absolute atomic E-state index is 5.96. The van der Waals surface area contributed by atoms with Crippen molar-refractivity contribution in [1.82, 2.24) is 9.88 Å². The van der Waals surface area contributed by atoms with Crippen LogP contribution >= 0.6 is 0 Å². The molecule has 3 rings (SSSR count). The number of fused-ring (bicyclic) bond motifs is 1. The minimum absolute atomic E-state index is 0.278. The van der Waals surface area contributed by atoms with Crippen molar-refractivity contribution in [2.24, 2.45) is 5.73 Å². The minimum atomic E-state index is 0.278. The second kappa shape index (κ2) is 4.88. The Morgan fingerprint density at radius 3 is 2.22 bits per heavy atom. The maximum atomic E-state index is 5.96. The van der Waals surface area contributed by atoms with Crippen LogP contribution in [0.1, 0.15) is 22.7 Å². The number of benzene rings is 1. The fourth-order valence-electron chi connectivity index (χ4n) is 2.66. The highest BCUT2D eigenvalue weighted by molar-refractivity contribution is 5.31. The van der Waals surface area contributed by atoms with Crippen LogP contribution in [0.4, 0.5) is 0 Å². The zero-order valence-corrected chi connectivity index (χ0v) is 10.3. The van der Waals surface area contributed by atoms with E-state index < -0.39 is 0 Å². The Kier molecular flexibility index (Phi) is 3.09. The molecule has 1 unspecified atom stereocenters. The van der Waals surface area contributed by atoms with Crippen molar-refractivity contribution in [1.29, 1.82) is 0 Å². The lowest BCUT2D eigenvalue weighted by atomic mass is 10.1. The van der Waals surface area contributed by atoms with Crippen molar-refractivity contribution in [2.45, 2.75) is 19.1 Å². The monoisotopic (exact) mass is 239 g/mol. The summed E-state index contributed by atoms with van der Waals surface area (Å²) in [5, 5.41) is 0. The predicted octanol–water partition coefficient (Wildman–Crippen LogP) is 2.10. The summed E-state index contributed by atoms with van der Waals surface area (Å²) in [6.07, 6.45) is 3.67. The number of aromatic nitrogens is 1. The van der Waals surface area contributed by atoms with Gasteiger partial charge in [-0.3, -0.25) is 9.88 Å². The molecule has 18 heavy (non-hydrogen) atoms. The van der Waals surface area contributed by atoms with Crippen LogP contribution in [0, 0.1) is 0 Å². The molecule has 3 nitrogen and oxygen atoms in total. The van der Waals surface area contributed by atoms with Gasteiger partial charge in [0.2, 0.25) is 0 Å². The average molecular weight is 239 g/mol. The average Bonchev–Trinajstić information content (AvgIpc) is 2.84. The smallest absolute Gasteiger partial charge is 0.0478 e. The summed E-state index contributed by atoms with van der Waals surface area (Å²) in [6, 6.07) is 13.0. The standard InChI is InChI=1S/C15H17N3/c16-9-15(12-5-7-17-8-6-12)18-10-13-3-1-2-4-14(13)11-18/h1-8,15H,9-11,16H2. The molecule has 1 aliphatic rings. The number of hydrogen-bond donors (Lipinski definition) is 1. The van der Waals surface area contributed by atoms with Gasteiger partial charge in [-0.1, -0.05) is 24.3 Å². The molecular weight excluding hydrogens is 222 g/mol. The summed E-state index contributed by atoms with van der Waals surface area (Å²) < 4.78 is 0. The molecule has 0 saturated carbocycles. The van der Waals surface area contributed by atoms with E-state index in [-0.39, 0.29) is 6.04 Å². The van der Waals surface area contributed by atoms with Crippen molar-refractivity contribution in [3.63, 3.8) is 0 Å². The Labute approximate surface area is 107 Å². The molecule has 1 atom stereocenters. The first-order valence-corrected chi connectivity index (χ1v) is 6.29. The third kappa shape index (κ3) is 2.03. The maximum Gasteiger partial charge on any atom is 0.0478 e. The van der Waals surface area contributed by atoms with Crippen LogP contribution in [0.5, 0.6) is 0 Å². The lowest BCUT2D eigenvalue weighted by Crippen LogP contribution is -2.29. The number of pyridine rings is 1. The van der Waals surface area contributed by atoms with Crippen LogP contribution in [-0.4, -0.2) is 16.4 Å². The van der Waals surface area contributed by atoms with Crippen molar-refractivity contribution < 1.29 is 0 Å². The van der Waals surface area contributed by atoms with Gasteiger partial charge in [-0.25, -0.2) is 0 Å². The molecule has 0 bridgehead atoms. The van der Waals surface area contributed by atoms with Gasteiger partial charge in [-0.2, -0.15) is 0 Å². The largest absolute Gasteiger partial charge is 0.329 e. The second-order valence-electron chi connectivity index (χ2n) is 4.71. The first-order chi connectivity index (χ1) is 8.88. The van der Waals surface area contributed by atoms with Gasteiger partial charge in [-0.15, -0.1) is 0 Å². The highest BCUT2D eigenvalue weighted by Gasteiger charge is 2.25. The summed E-state index contributed by atoms with van der Waals surface area (Å²) in [7, 11) is 0. The Bertz CT molecular complexity index is 499. The van der Waals surface area contributed by atoms with E-state index in [0.29, 0.717) is 6.54 Å². The lowest BCUT2D eigenvalue weighted by molar-refractivity contribution is 0.205.